The van der Waals surface area contributed by atoms with E-state index in [4.69, 9.17) is 17.3 Å². The van der Waals surface area contributed by atoms with E-state index in [9.17, 15) is 4.79 Å². The van der Waals surface area contributed by atoms with Crippen LogP contribution in [0.2, 0.25) is 5.02 Å². The predicted molar refractivity (Wildman–Crippen MR) is 95.2 cm³/mol. The van der Waals surface area contributed by atoms with Crippen molar-refractivity contribution in [1.29, 1.82) is 0 Å². The van der Waals surface area contributed by atoms with Crippen LogP contribution in [0, 0.1) is 5.92 Å². The Labute approximate surface area is 143 Å². The second-order valence-corrected chi connectivity index (χ2v) is 7.19. The van der Waals surface area contributed by atoms with E-state index in [1.54, 1.807) is 0 Å². The molecule has 2 heterocycles. The Morgan fingerprint density at radius 2 is 2.04 bits per heavy atom. The van der Waals surface area contributed by atoms with Crippen molar-refractivity contribution in [1.82, 2.24) is 4.90 Å². The Morgan fingerprint density at radius 3 is 2.70 bits per heavy atom. The number of nitrogens with two attached hydrogens (primary N) is 1. The highest BCUT2D eigenvalue weighted by molar-refractivity contribution is 6.33. The maximum Gasteiger partial charge on any atom is 0.253 e. The molecule has 2 saturated heterocycles. The molecule has 2 N–H and O–H groups in total. The second-order valence-electron chi connectivity index (χ2n) is 6.78. The molecule has 1 aromatic rings. The number of likely N-dealkylation sites (tertiary alicyclic amines) is 1. The molecule has 0 bridgehead atoms. The summed E-state index contributed by atoms with van der Waals surface area (Å²) in [7, 11) is 0. The van der Waals surface area contributed by atoms with Crippen LogP contribution in [0.5, 0.6) is 0 Å². The van der Waals surface area contributed by atoms with Crippen LogP contribution < -0.4 is 10.6 Å². The highest BCUT2D eigenvalue weighted by Gasteiger charge is 2.32. The van der Waals surface area contributed by atoms with Crippen molar-refractivity contribution in [3.05, 3.63) is 28.8 Å². The number of hydrogen-bond donors (Lipinski definition) is 1. The van der Waals surface area contributed by atoms with Gasteiger partial charge in [0.2, 0.25) is 0 Å². The molecule has 1 aromatic carbocycles. The number of hydrogen-bond acceptors (Lipinski definition) is 3. The van der Waals surface area contributed by atoms with E-state index in [1.807, 2.05) is 23.1 Å². The van der Waals surface area contributed by atoms with Gasteiger partial charge in [-0.2, -0.15) is 0 Å². The van der Waals surface area contributed by atoms with Gasteiger partial charge in [0.1, 0.15) is 0 Å². The minimum Gasteiger partial charge on any atom is -0.370 e. The first-order valence-corrected chi connectivity index (χ1v) is 9.07. The van der Waals surface area contributed by atoms with Crippen LogP contribution in [-0.4, -0.2) is 43.0 Å². The van der Waals surface area contributed by atoms with E-state index >= 15 is 0 Å². The smallest absolute Gasteiger partial charge is 0.253 e. The molecule has 0 saturated carbocycles. The lowest BCUT2D eigenvalue weighted by molar-refractivity contribution is 0.0785. The summed E-state index contributed by atoms with van der Waals surface area (Å²) in [5.74, 6) is 0.470. The van der Waals surface area contributed by atoms with E-state index in [1.165, 1.54) is 12.8 Å². The van der Waals surface area contributed by atoms with Crippen molar-refractivity contribution in [2.24, 2.45) is 11.7 Å². The Kier molecular flexibility index (Phi) is 5.12. The first kappa shape index (κ1) is 16.6. The number of carbonyl (C=O) groups excluding carboxylic acids is 1. The van der Waals surface area contributed by atoms with Crippen LogP contribution in [0.15, 0.2) is 18.2 Å². The molecule has 3 rings (SSSR count). The maximum absolute atomic E-state index is 12.7. The van der Waals surface area contributed by atoms with E-state index in [2.05, 4.69) is 11.8 Å². The summed E-state index contributed by atoms with van der Waals surface area (Å²) in [6, 6.07) is 5.80. The van der Waals surface area contributed by atoms with Gasteiger partial charge < -0.3 is 15.5 Å². The Hall–Kier alpha value is -1.26. The zero-order valence-corrected chi connectivity index (χ0v) is 14.6. The van der Waals surface area contributed by atoms with Crippen LogP contribution in [0.4, 0.5) is 5.69 Å². The summed E-state index contributed by atoms with van der Waals surface area (Å²) in [4.78, 5) is 16.9. The van der Waals surface area contributed by atoms with Crippen LogP contribution in [0.3, 0.4) is 0 Å². The van der Waals surface area contributed by atoms with E-state index < -0.39 is 0 Å². The lowest BCUT2D eigenvalue weighted by Gasteiger charge is -2.21. The van der Waals surface area contributed by atoms with E-state index in [0.717, 1.165) is 38.2 Å². The Morgan fingerprint density at radius 1 is 1.30 bits per heavy atom. The molecule has 0 aliphatic carbocycles. The minimum atomic E-state index is 0.0499. The molecule has 0 radical (unpaired) electrons. The number of amides is 1. The molecule has 0 unspecified atom stereocenters. The monoisotopic (exact) mass is 335 g/mol. The fourth-order valence-electron chi connectivity index (χ4n) is 3.78. The molecule has 0 aromatic heterocycles. The molecule has 4 nitrogen and oxygen atoms in total. The van der Waals surface area contributed by atoms with Gasteiger partial charge in [-0.05, 0) is 43.4 Å². The van der Waals surface area contributed by atoms with Crippen molar-refractivity contribution < 1.29 is 4.79 Å². The average molecular weight is 336 g/mol. The molecule has 2 fully saturated rings. The minimum absolute atomic E-state index is 0.0499. The first-order valence-electron chi connectivity index (χ1n) is 8.69. The largest absolute Gasteiger partial charge is 0.370 e. The lowest BCUT2D eigenvalue weighted by atomic mass is 9.99. The van der Waals surface area contributed by atoms with Crippen LogP contribution in [-0.2, 0) is 0 Å². The van der Waals surface area contributed by atoms with Crippen molar-refractivity contribution in [3.63, 3.8) is 0 Å². The first-order chi connectivity index (χ1) is 11.1. The normalized spacial score (nSPS) is 24.5. The number of carbonyl (C=O) groups is 1. The summed E-state index contributed by atoms with van der Waals surface area (Å²) >= 11 is 6.43. The van der Waals surface area contributed by atoms with Gasteiger partial charge in [0.25, 0.3) is 5.91 Å². The number of nitrogens with zero attached hydrogens (tertiary/aromatic N) is 2. The summed E-state index contributed by atoms with van der Waals surface area (Å²) in [5.41, 5.74) is 7.89. The van der Waals surface area contributed by atoms with Gasteiger partial charge in [-0.1, -0.05) is 24.9 Å². The second kappa shape index (κ2) is 7.10. The van der Waals surface area contributed by atoms with Crippen molar-refractivity contribution in [2.45, 2.75) is 38.6 Å². The van der Waals surface area contributed by atoms with Crippen LogP contribution >= 0.6 is 11.6 Å². The van der Waals surface area contributed by atoms with Crippen LogP contribution in [0.25, 0.3) is 0 Å². The average Bonchev–Trinajstić information content (AvgIpc) is 3.17. The summed E-state index contributed by atoms with van der Waals surface area (Å²) in [6.07, 6.45) is 4.61. The predicted octanol–water partition coefficient (Wildman–Crippen LogP) is 3.14. The highest BCUT2D eigenvalue weighted by atomic mass is 35.5. The van der Waals surface area contributed by atoms with Gasteiger partial charge >= 0.3 is 0 Å². The van der Waals surface area contributed by atoms with E-state index in [-0.39, 0.29) is 11.9 Å². The molecular weight excluding hydrogens is 310 g/mol. The van der Waals surface area contributed by atoms with Gasteiger partial charge in [-0.25, -0.2) is 0 Å². The summed E-state index contributed by atoms with van der Waals surface area (Å²) < 4.78 is 0. The number of rotatable bonds is 4. The third kappa shape index (κ3) is 3.48. The highest BCUT2D eigenvalue weighted by Crippen LogP contribution is 2.30. The topological polar surface area (TPSA) is 49.6 Å². The third-order valence-electron chi connectivity index (χ3n) is 5.08. The molecule has 0 spiro atoms. The molecule has 2 aliphatic heterocycles. The van der Waals surface area contributed by atoms with Gasteiger partial charge in [0, 0.05) is 37.8 Å². The van der Waals surface area contributed by atoms with Crippen LogP contribution in [0.1, 0.15) is 43.0 Å². The Bertz CT molecular complexity index is 571. The molecule has 5 heteroatoms. The molecule has 126 valence electrons. The lowest BCUT2D eigenvalue weighted by Crippen LogP contribution is -2.32. The standard InChI is InChI=1S/C18H26ClN3O/c1-2-5-14-11-22(12-16(14)20)18(23)13-6-7-17(15(19)10-13)21-8-3-4-9-21/h6-7,10,14,16H,2-5,8-9,11-12,20H2,1H3/t14-,16-/m0/s1. The Balaban J connectivity index is 1.71. The van der Waals surface area contributed by atoms with Crippen molar-refractivity contribution >= 4 is 23.2 Å². The van der Waals surface area contributed by atoms with Gasteiger partial charge in [-0.15, -0.1) is 0 Å². The zero-order valence-electron chi connectivity index (χ0n) is 13.8. The van der Waals surface area contributed by atoms with E-state index in [0.29, 0.717) is 23.0 Å². The molecule has 2 aliphatic rings. The van der Waals surface area contributed by atoms with Crippen molar-refractivity contribution in [2.75, 3.05) is 31.1 Å². The van der Waals surface area contributed by atoms with Gasteiger partial charge in [-0.3, -0.25) is 4.79 Å². The zero-order chi connectivity index (χ0) is 16.4. The van der Waals surface area contributed by atoms with Gasteiger partial charge in [0.05, 0.1) is 10.7 Å². The maximum atomic E-state index is 12.7. The summed E-state index contributed by atoms with van der Waals surface area (Å²) in [5, 5.41) is 0.673. The third-order valence-corrected chi connectivity index (χ3v) is 5.38. The van der Waals surface area contributed by atoms with Crippen molar-refractivity contribution in [3.8, 4) is 0 Å². The SMILES string of the molecule is CCC[C@H]1CN(C(=O)c2ccc(N3CCCC3)c(Cl)c2)C[C@@H]1N. The molecule has 23 heavy (non-hydrogen) atoms. The fraction of sp³-hybridized carbons (Fsp3) is 0.611. The molecular formula is C18H26ClN3O. The summed E-state index contributed by atoms with van der Waals surface area (Å²) in [6.45, 7) is 5.67. The number of anilines is 1. The number of benzene rings is 1. The molecule has 2 atom stereocenters. The quantitative estimate of drug-likeness (QED) is 0.919. The van der Waals surface area contributed by atoms with Gasteiger partial charge in [0.15, 0.2) is 0 Å². The fourth-order valence-corrected chi connectivity index (χ4v) is 4.08. The number of halogens is 1. The molecule has 1 amide bonds.